The predicted octanol–water partition coefficient (Wildman–Crippen LogP) is 4.15. The van der Waals surface area contributed by atoms with Crippen LogP contribution in [0.5, 0.6) is 0 Å². The molecule has 0 radical (unpaired) electrons. The van der Waals surface area contributed by atoms with Crippen molar-refractivity contribution < 1.29 is 4.79 Å². The van der Waals surface area contributed by atoms with E-state index in [2.05, 4.69) is 46.6 Å². The van der Waals surface area contributed by atoms with Gasteiger partial charge < -0.3 is 5.32 Å². The predicted molar refractivity (Wildman–Crippen MR) is 109 cm³/mol. The fourth-order valence-electron chi connectivity index (χ4n) is 2.73. The first kappa shape index (κ1) is 19.2. The maximum atomic E-state index is 12.5. The Morgan fingerprint density at radius 2 is 1.96 bits per heavy atom. The van der Waals surface area contributed by atoms with Gasteiger partial charge in [-0.05, 0) is 64.3 Å². The van der Waals surface area contributed by atoms with Gasteiger partial charge in [0.15, 0.2) is 0 Å². The highest BCUT2D eigenvalue weighted by atomic mass is 32.1. The number of hydrogen-bond donors (Lipinski definition) is 1. The zero-order valence-corrected chi connectivity index (χ0v) is 17.4. The van der Waals surface area contributed by atoms with Gasteiger partial charge in [0.25, 0.3) is 5.91 Å². The van der Waals surface area contributed by atoms with Crippen LogP contribution >= 0.6 is 11.3 Å². The van der Waals surface area contributed by atoms with Crippen LogP contribution in [0, 0.1) is 27.7 Å². The van der Waals surface area contributed by atoms with E-state index >= 15 is 0 Å². The van der Waals surface area contributed by atoms with E-state index in [1.54, 1.807) is 0 Å². The molecular weight excluding hydrogens is 358 g/mol. The van der Waals surface area contributed by atoms with Crippen LogP contribution in [-0.4, -0.2) is 31.9 Å². The average molecular weight is 384 g/mol. The van der Waals surface area contributed by atoms with E-state index < -0.39 is 0 Å². The van der Waals surface area contributed by atoms with Crippen molar-refractivity contribution in [1.82, 2.24) is 25.3 Å². The van der Waals surface area contributed by atoms with Gasteiger partial charge in [0.05, 0.1) is 17.1 Å². The van der Waals surface area contributed by atoms with Crippen LogP contribution in [0.15, 0.2) is 18.2 Å². The Labute approximate surface area is 163 Å². The van der Waals surface area contributed by atoms with Crippen LogP contribution in [0.2, 0.25) is 0 Å². The third-order valence-electron chi connectivity index (χ3n) is 4.82. The third-order valence-corrected chi connectivity index (χ3v) is 5.99. The van der Waals surface area contributed by atoms with Crippen molar-refractivity contribution in [3.8, 4) is 16.4 Å². The molecule has 0 bridgehead atoms. The summed E-state index contributed by atoms with van der Waals surface area (Å²) in [7, 11) is 0. The molecule has 1 amide bonds. The van der Waals surface area contributed by atoms with Crippen molar-refractivity contribution in [1.29, 1.82) is 0 Å². The second kappa shape index (κ2) is 7.60. The van der Waals surface area contributed by atoms with Crippen molar-refractivity contribution in [2.24, 2.45) is 0 Å². The van der Waals surface area contributed by atoms with Crippen molar-refractivity contribution in [2.75, 3.05) is 0 Å². The number of aryl methyl sites for hydroxylation is 3. The van der Waals surface area contributed by atoms with Crippen LogP contribution in [-0.2, 0) is 0 Å². The molecule has 3 aromatic rings. The highest BCUT2D eigenvalue weighted by Gasteiger charge is 2.21. The molecule has 0 fully saturated rings. The highest BCUT2D eigenvalue weighted by Crippen LogP contribution is 2.29. The number of carbonyl (C=O) groups excluding carboxylic acids is 1. The lowest BCUT2D eigenvalue weighted by Crippen LogP contribution is -2.31. The maximum Gasteiger partial charge on any atom is 0.263 e. The third kappa shape index (κ3) is 3.78. The van der Waals surface area contributed by atoms with Gasteiger partial charge in [-0.3, -0.25) is 4.79 Å². The van der Waals surface area contributed by atoms with Crippen molar-refractivity contribution >= 4 is 17.2 Å². The summed E-state index contributed by atoms with van der Waals surface area (Å²) in [6, 6.07) is 6.34. The molecule has 0 aliphatic rings. The zero-order valence-electron chi connectivity index (χ0n) is 16.6. The zero-order chi connectivity index (χ0) is 19.7. The number of nitrogens with zero attached hydrogens (tertiary/aromatic N) is 4. The van der Waals surface area contributed by atoms with E-state index in [1.807, 2.05) is 38.4 Å². The first-order chi connectivity index (χ1) is 12.8. The molecule has 0 unspecified atom stereocenters. The largest absolute Gasteiger partial charge is 0.349 e. The molecule has 2 heterocycles. The Balaban J connectivity index is 1.94. The molecule has 2 aromatic heterocycles. The van der Waals surface area contributed by atoms with Crippen LogP contribution in [0.1, 0.15) is 52.5 Å². The van der Waals surface area contributed by atoms with E-state index in [0.717, 1.165) is 28.5 Å². The second-order valence-corrected chi connectivity index (χ2v) is 7.92. The van der Waals surface area contributed by atoms with E-state index in [9.17, 15) is 4.79 Å². The van der Waals surface area contributed by atoms with E-state index in [-0.39, 0.29) is 11.9 Å². The lowest BCUT2D eigenvalue weighted by molar-refractivity contribution is 0.0942. The molecule has 1 aromatic carbocycles. The Morgan fingerprint density at radius 1 is 1.22 bits per heavy atom. The molecule has 3 rings (SSSR count). The lowest BCUT2D eigenvalue weighted by atomic mass is 10.1. The van der Waals surface area contributed by atoms with Gasteiger partial charge in [-0.25, -0.2) is 9.67 Å². The SMILES string of the molecule is CC[C@H](C)NC(=O)c1sc(-c2nnn(-c3ccc(C)c(C)c3)c2C)nc1C. The first-order valence-electron chi connectivity index (χ1n) is 9.10. The summed E-state index contributed by atoms with van der Waals surface area (Å²) in [5.41, 5.74) is 5.75. The van der Waals surface area contributed by atoms with Gasteiger partial charge in [-0.2, -0.15) is 0 Å². The highest BCUT2D eigenvalue weighted by molar-refractivity contribution is 7.17. The summed E-state index contributed by atoms with van der Waals surface area (Å²) >= 11 is 1.36. The quantitative estimate of drug-likeness (QED) is 0.718. The molecule has 7 heteroatoms. The minimum atomic E-state index is -0.0789. The molecular formula is C20H25N5OS. The van der Waals surface area contributed by atoms with Crippen LogP contribution in [0.25, 0.3) is 16.4 Å². The molecule has 0 saturated heterocycles. The topological polar surface area (TPSA) is 72.7 Å². The van der Waals surface area contributed by atoms with Crippen LogP contribution in [0.4, 0.5) is 0 Å². The monoisotopic (exact) mass is 383 g/mol. The standard InChI is InChI=1S/C20H25N5OS/c1-7-13(4)21-19(26)18-14(5)22-20(27-18)17-15(6)25(24-23-17)16-9-8-11(2)12(3)10-16/h8-10,13H,7H2,1-6H3,(H,21,26)/t13-/m0/s1. The number of thiazole rings is 1. The lowest BCUT2D eigenvalue weighted by Gasteiger charge is -2.09. The van der Waals surface area contributed by atoms with Crippen LogP contribution < -0.4 is 5.32 Å². The number of carbonyl (C=O) groups is 1. The summed E-state index contributed by atoms with van der Waals surface area (Å²) in [4.78, 5) is 17.7. The average Bonchev–Trinajstić information content (AvgIpc) is 3.20. The maximum absolute atomic E-state index is 12.5. The summed E-state index contributed by atoms with van der Waals surface area (Å²) < 4.78 is 1.82. The van der Waals surface area contributed by atoms with E-state index in [0.29, 0.717) is 10.6 Å². The number of rotatable bonds is 5. The Bertz CT molecular complexity index is 988. The summed E-state index contributed by atoms with van der Waals surface area (Å²) in [5, 5.41) is 12.4. The number of nitrogens with one attached hydrogen (secondary N) is 1. The van der Waals surface area contributed by atoms with Gasteiger partial charge in [0, 0.05) is 6.04 Å². The Morgan fingerprint density at radius 3 is 2.63 bits per heavy atom. The van der Waals surface area contributed by atoms with Gasteiger partial charge in [-0.1, -0.05) is 18.2 Å². The molecule has 0 aliphatic carbocycles. The van der Waals surface area contributed by atoms with E-state index in [1.165, 1.54) is 22.5 Å². The first-order valence-corrected chi connectivity index (χ1v) is 9.92. The van der Waals surface area contributed by atoms with Gasteiger partial charge in [0.2, 0.25) is 0 Å². The molecule has 1 atom stereocenters. The Kier molecular flexibility index (Phi) is 5.41. The number of aromatic nitrogens is 4. The molecule has 0 spiro atoms. The smallest absolute Gasteiger partial charge is 0.263 e. The number of amides is 1. The second-order valence-electron chi connectivity index (χ2n) is 6.92. The van der Waals surface area contributed by atoms with Gasteiger partial charge in [0.1, 0.15) is 15.6 Å². The van der Waals surface area contributed by atoms with Gasteiger partial charge in [-0.15, -0.1) is 16.4 Å². The van der Waals surface area contributed by atoms with Crippen molar-refractivity contribution in [3.05, 3.63) is 45.6 Å². The summed E-state index contributed by atoms with van der Waals surface area (Å²) in [5.74, 6) is -0.0789. The number of benzene rings is 1. The minimum Gasteiger partial charge on any atom is -0.349 e. The Hall–Kier alpha value is -2.54. The molecule has 1 N–H and O–H groups in total. The molecule has 27 heavy (non-hydrogen) atoms. The van der Waals surface area contributed by atoms with Crippen molar-refractivity contribution in [3.63, 3.8) is 0 Å². The fourth-order valence-corrected chi connectivity index (χ4v) is 3.74. The molecule has 142 valence electrons. The van der Waals surface area contributed by atoms with Crippen molar-refractivity contribution in [2.45, 2.75) is 54.0 Å². The number of hydrogen-bond acceptors (Lipinski definition) is 5. The van der Waals surface area contributed by atoms with E-state index in [4.69, 9.17) is 0 Å². The summed E-state index contributed by atoms with van der Waals surface area (Å²) in [6.45, 7) is 12.0. The fraction of sp³-hybridized carbons (Fsp3) is 0.400. The molecule has 0 aliphatic heterocycles. The minimum absolute atomic E-state index is 0.0789. The summed E-state index contributed by atoms with van der Waals surface area (Å²) in [6.07, 6.45) is 0.889. The van der Waals surface area contributed by atoms with Crippen LogP contribution in [0.3, 0.4) is 0 Å². The molecule has 0 saturated carbocycles. The normalized spacial score (nSPS) is 12.2. The van der Waals surface area contributed by atoms with Gasteiger partial charge >= 0.3 is 0 Å². The molecule has 6 nitrogen and oxygen atoms in total.